The van der Waals surface area contributed by atoms with Crippen molar-refractivity contribution >= 4 is 15.9 Å². The third kappa shape index (κ3) is 2.18. The first-order valence-electron chi connectivity index (χ1n) is 2.96. The van der Waals surface area contributed by atoms with E-state index in [1.54, 1.807) is 0 Å². The van der Waals surface area contributed by atoms with E-state index >= 15 is 0 Å². The molecule has 0 fully saturated rings. The van der Waals surface area contributed by atoms with E-state index in [9.17, 15) is 22.4 Å². The van der Waals surface area contributed by atoms with Crippen LogP contribution in [0.15, 0.2) is 23.4 Å². The summed E-state index contributed by atoms with van der Waals surface area (Å²) < 4.78 is 32.8. The second-order valence-electron chi connectivity index (χ2n) is 2.05. The first-order valence-corrected chi connectivity index (χ1v) is 4.35. The van der Waals surface area contributed by atoms with Crippen molar-refractivity contribution in [2.75, 3.05) is 0 Å². The molecule has 1 aromatic rings. The molecule has 8 heteroatoms. The van der Waals surface area contributed by atoms with Crippen molar-refractivity contribution in [3.8, 4) is 0 Å². The quantitative estimate of drug-likeness (QED) is 0.402. The molecule has 1 rings (SSSR count). The lowest BCUT2D eigenvalue weighted by Crippen LogP contribution is -1.97. The second-order valence-corrected chi connectivity index (χ2v) is 3.34. The third-order valence-electron chi connectivity index (χ3n) is 1.18. The van der Waals surface area contributed by atoms with Crippen molar-refractivity contribution < 1.29 is 17.2 Å². The fraction of sp³-hybridized carbons (Fsp3) is 0. The van der Waals surface area contributed by atoms with Crippen LogP contribution in [0.5, 0.6) is 0 Å². The minimum absolute atomic E-state index is 0.522. The van der Waals surface area contributed by atoms with Gasteiger partial charge in [0.15, 0.2) is 5.03 Å². The first kappa shape index (κ1) is 9.52. The summed E-state index contributed by atoms with van der Waals surface area (Å²) in [4.78, 5) is 12.4. The second kappa shape index (κ2) is 3.05. The van der Waals surface area contributed by atoms with Crippen LogP contribution in [-0.2, 0) is 10.2 Å². The van der Waals surface area contributed by atoms with Crippen LogP contribution < -0.4 is 0 Å². The molecule has 1 aromatic heterocycles. The highest BCUT2D eigenvalue weighted by atomic mass is 32.3. The number of nitrogens with zero attached hydrogens (tertiary/aromatic N) is 2. The number of nitro groups is 1. The Hall–Kier alpha value is -1.57. The van der Waals surface area contributed by atoms with Gasteiger partial charge in [-0.15, -0.1) is 0 Å². The summed E-state index contributed by atoms with van der Waals surface area (Å²) in [6, 6.07) is 1.52. The molecule has 70 valence electrons. The highest BCUT2D eigenvalue weighted by Gasteiger charge is 2.17. The summed E-state index contributed by atoms with van der Waals surface area (Å²) in [6.45, 7) is 0. The van der Waals surface area contributed by atoms with E-state index in [-0.39, 0.29) is 0 Å². The van der Waals surface area contributed by atoms with Crippen molar-refractivity contribution in [2.45, 2.75) is 5.03 Å². The normalized spacial score (nSPS) is 11.2. The third-order valence-corrected chi connectivity index (χ3v) is 1.90. The molecule has 0 aliphatic carbocycles. The van der Waals surface area contributed by atoms with Gasteiger partial charge in [0.2, 0.25) is 0 Å². The molecule has 0 aliphatic rings. The standard InChI is InChI=1S/C5H3FN2O4S/c6-13(11,12)5-3-4(8(9)10)1-2-7-5/h1-3H. The zero-order valence-corrected chi connectivity index (χ0v) is 6.86. The molecule has 6 nitrogen and oxygen atoms in total. The molecule has 13 heavy (non-hydrogen) atoms. The van der Waals surface area contributed by atoms with Gasteiger partial charge in [0.1, 0.15) is 0 Å². The molecule has 0 aliphatic heterocycles. The smallest absolute Gasteiger partial charge is 0.258 e. The van der Waals surface area contributed by atoms with Crippen molar-refractivity contribution in [3.63, 3.8) is 0 Å². The van der Waals surface area contributed by atoms with Crippen LogP contribution in [0.3, 0.4) is 0 Å². The summed E-state index contributed by atoms with van der Waals surface area (Å²) in [5, 5.41) is 9.18. The Labute approximate surface area is 72.4 Å². The topological polar surface area (TPSA) is 90.2 Å². The van der Waals surface area contributed by atoms with Crippen LogP contribution >= 0.6 is 0 Å². The largest absolute Gasteiger partial charge is 0.349 e. The maximum absolute atomic E-state index is 12.3. The Morgan fingerprint density at radius 3 is 2.62 bits per heavy atom. The van der Waals surface area contributed by atoms with Gasteiger partial charge in [0.05, 0.1) is 11.0 Å². The maximum Gasteiger partial charge on any atom is 0.349 e. The summed E-state index contributed by atoms with van der Waals surface area (Å²) in [7, 11) is -4.97. The summed E-state index contributed by atoms with van der Waals surface area (Å²) in [5.41, 5.74) is -0.522. The van der Waals surface area contributed by atoms with E-state index in [1.165, 1.54) is 0 Å². The highest BCUT2D eigenvalue weighted by Crippen LogP contribution is 2.15. The van der Waals surface area contributed by atoms with Crippen LogP contribution in [0.2, 0.25) is 0 Å². The Kier molecular flexibility index (Phi) is 2.24. The van der Waals surface area contributed by atoms with E-state index in [0.29, 0.717) is 6.07 Å². The van der Waals surface area contributed by atoms with Crippen LogP contribution in [-0.4, -0.2) is 18.3 Å². The predicted octanol–water partition coefficient (Wildman–Crippen LogP) is 0.648. The number of hydrogen-bond acceptors (Lipinski definition) is 5. The van der Waals surface area contributed by atoms with E-state index in [2.05, 4.69) is 4.98 Å². The molecular weight excluding hydrogens is 203 g/mol. The summed E-state index contributed by atoms with van der Waals surface area (Å²) in [5.74, 6) is 0. The van der Waals surface area contributed by atoms with Gasteiger partial charge in [0, 0.05) is 12.3 Å². The number of halogens is 1. The molecule has 0 N–H and O–H groups in total. The SMILES string of the molecule is O=[N+]([O-])c1ccnc(S(=O)(=O)F)c1. The van der Waals surface area contributed by atoms with E-state index in [4.69, 9.17) is 0 Å². The van der Waals surface area contributed by atoms with Gasteiger partial charge in [-0.05, 0) is 0 Å². The van der Waals surface area contributed by atoms with Crippen LogP contribution in [0.1, 0.15) is 0 Å². The molecule has 0 amide bonds. The van der Waals surface area contributed by atoms with E-state index in [0.717, 1.165) is 12.3 Å². The molecule has 0 saturated heterocycles. The highest BCUT2D eigenvalue weighted by molar-refractivity contribution is 7.86. The Bertz CT molecular complexity index is 444. The number of pyridine rings is 1. The van der Waals surface area contributed by atoms with Crippen molar-refractivity contribution in [1.82, 2.24) is 4.98 Å². The summed E-state index contributed by atoms with van der Waals surface area (Å²) in [6.07, 6.45) is 0.852. The molecule has 0 atom stereocenters. The van der Waals surface area contributed by atoms with Crippen molar-refractivity contribution in [3.05, 3.63) is 28.4 Å². The lowest BCUT2D eigenvalue weighted by atomic mass is 10.4. The van der Waals surface area contributed by atoms with Gasteiger partial charge in [-0.25, -0.2) is 4.98 Å². The van der Waals surface area contributed by atoms with E-state index in [1.807, 2.05) is 0 Å². The van der Waals surface area contributed by atoms with Crippen LogP contribution in [0.4, 0.5) is 9.57 Å². The minimum Gasteiger partial charge on any atom is -0.258 e. The fourth-order valence-electron chi connectivity index (χ4n) is 0.646. The Balaban J connectivity index is 3.29. The molecule has 0 unspecified atom stereocenters. The van der Waals surface area contributed by atoms with Crippen LogP contribution in [0.25, 0.3) is 0 Å². The molecule has 1 heterocycles. The van der Waals surface area contributed by atoms with Gasteiger partial charge >= 0.3 is 10.2 Å². The van der Waals surface area contributed by atoms with E-state index < -0.39 is 25.9 Å². The zero-order valence-electron chi connectivity index (χ0n) is 6.05. The van der Waals surface area contributed by atoms with Crippen LogP contribution in [0, 0.1) is 10.1 Å². The molecule has 0 saturated carbocycles. The first-order chi connectivity index (χ1) is 5.91. The van der Waals surface area contributed by atoms with Gasteiger partial charge < -0.3 is 0 Å². The molecule has 0 spiro atoms. The van der Waals surface area contributed by atoms with Gasteiger partial charge in [0.25, 0.3) is 5.69 Å². The average Bonchev–Trinajstić information content (AvgIpc) is 2.03. The van der Waals surface area contributed by atoms with Crippen molar-refractivity contribution in [2.24, 2.45) is 0 Å². The van der Waals surface area contributed by atoms with Gasteiger partial charge in [-0.3, -0.25) is 10.1 Å². The van der Waals surface area contributed by atoms with Crippen molar-refractivity contribution in [1.29, 1.82) is 0 Å². The molecular formula is C5H3FN2O4S. The minimum atomic E-state index is -4.97. The molecule has 0 bridgehead atoms. The Morgan fingerprint density at radius 1 is 1.54 bits per heavy atom. The predicted molar refractivity (Wildman–Crippen MR) is 39.2 cm³/mol. The number of hydrogen-bond donors (Lipinski definition) is 0. The molecule has 0 aromatic carbocycles. The lowest BCUT2D eigenvalue weighted by molar-refractivity contribution is -0.385. The molecule has 0 radical (unpaired) electrons. The number of aromatic nitrogens is 1. The number of rotatable bonds is 2. The zero-order chi connectivity index (χ0) is 10.1. The Morgan fingerprint density at radius 2 is 2.15 bits per heavy atom. The fourth-order valence-corrected chi connectivity index (χ4v) is 1.09. The van der Waals surface area contributed by atoms with Gasteiger partial charge in [-0.2, -0.15) is 8.42 Å². The maximum atomic E-state index is 12.3. The average molecular weight is 206 g/mol. The monoisotopic (exact) mass is 206 g/mol. The van der Waals surface area contributed by atoms with Gasteiger partial charge in [-0.1, -0.05) is 3.89 Å². The summed E-state index contributed by atoms with van der Waals surface area (Å²) >= 11 is 0. The lowest BCUT2D eigenvalue weighted by Gasteiger charge is -1.92.